The van der Waals surface area contributed by atoms with Gasteiger partial charge in [0.05, 0.1) is 11.7 Å². The fourth-order valence-electron chi connectivity index (χ4n) is 3.59. The van der Waals surface area contributed by atoms with Crippen molar-refractivity contribution in [1.29, 1.82) is 0 Å². The zero-order valence-corrected chi connectivity index (χ0v) is 19.0. The second-order valence-electron chi connectivity index (χ2n) is 7.93. The topological polar surface area (TPSA) is 75.5 Å². The Labute approximate surface area is 200 Å². The van der Waals surface area contributed by atoms with Crippen molar-refractivity contribution in [3.63, 3.8) is 0 Å². The van der Waals surface area contributed by atoms with E-state index in [1.165, 1.54) is 30.6 Å². The summed E-state index contributed by atoms with van der Waals surface area (Å²) in [6.45, 7) is 0. The van der Waals surface area contributed by atoms with Crippen LogP contribution in [0.25, 0.3) is 11.1 Å². The van der Waals surface area contributed by atoms with Gasteiger partial charge in [-0.3, -0.25) is 5.01 Å². The molecule has 1 aromatic heterocycles. The smallest absolute Gasteiger partial charge is 0.255 e. The van der Waals surface area contributed by atoms with Gasteiger partial charge >= 0.3 is 12.1 Å². The molecule has 0 amide bonds. The maximum Gasteiger partial charge on any atom is 0.459 e. The molecule has 2 aromatic carbocycles. The van der Waals surface area contributed by atoms with E-state index in [4.69, 9.17) is 0 Å². The summed E-state index contributed by atoms with van der Waals surface area (Å²) in [5.41, 5.74) is -1.15. The molecule has 0 bridgehead atoms. The molecule has 0 fully saturated rings. The average molecular weight is 532 g/mol. The first-order valence-corrected chi connectivity index (χ1v) is 12.0. The number of hydrogen-bond acceptors (Lipinski definition) is 6. The van der Waals surface area contributed by atoms with Crippen LogP contribution in [0.3, 0.4) is 0 Å². The molecule has 0 N–H and O–H groups in total. The summed E-state index contributed by atoms with van der Waals surface area (Å²) >= 11 is 0. The maximum atomic E-state index is 14.5. The summed E-state index contributed by atoms with van der Waals surface area (Å²) in [5, 5.41) is 3.64. The Bertz CT molecular complexity index is 1440. The lowest BCUT2D eigenvalue weighted by molar-refractivity contribution is -0.249. The highest BCUT2D eigenvalue weighted by molar-refractivity contribution is 7.90. The van der Waals surface area contributed by atoms with Crippen LogP contribution in [0.4, 0.5) is 36.4 Å². The monoisotopic (exact) mass is 532 g/mol. The van der Waals surface area contributed by atoms with Crippen molar-refractivity contribution < 1.29 is 39.2 Å². The van der Waals surface area contributed by atoms with Crippen molar-refractivity contribution >= 4 is 21.2 Å². The van der Waals surface area contributed by atoms with Crippen LogP contribution in [0.15, 0.2) is 65.1 Å². The third-order valence-corrected chi connectivity index (χ3v) is 6.22. The lowest BCUT2D eigenvalue weighted by Gasteiger charge is -2.25. The van der Waals surface area contributed by atoms with Gasteiger partial charge in [0.25, 0.3) is 0 Å². The largest absolute Gasteiger partial charge is 0.459 e. The van der Waals surface area contributed by atoms with E-state index in [1.54, 1.807) is 6.07 Å². The standard InChI is InChI=1S/C22H15F7N4O2S/c1-36(34,35)20-30-10-14(11-31-20)12-3-2-4-13(7-12)18-9-19(21(25,26)22(27,28)29)32-33(18)17-6-5-15(23)8-16(17)24/h2-8,10-11,18H,9H2,1H3. The molecule has 4 rings (SSSR count). The molecule has 1 aliphatic rings. The normalized spacial score (nSPS) is 16.8. The number of alkyl halides is 5. The molecule has 190 valence electrons. The van der Waals surface area contributed by atoms with E-state index in [1.807, 2.05) is 0 Å². The zero-order chi connectivity index (χ0) is 26.5. The van der Waals surface area contributed by atoms with E-state index in [0.29, 0.717) is 22.2 Å². The molecule has 6 nitrogen and oxygen atoms in total. The second kappa shape index (κ2) is 8.84. The molecule has 36 heavy (non-hydrogen) atoms. The summed E-state index contributed by atoms with van der Waals surface area (Å²) in [6, 6.07) is 6.71. The van der Waals surface area contributed by atoms with Gasteiger partial charge < -0.3 is 0 Å². The Kier molecular flexibility index (Phi) is 6.27. The highest BCUT2D eigenvalue weighted by atomic mass is 32.2. The van der Waals surface area contributed by atoms with E-state index in [9.17, 15) is 39.2 Å². The summed E-state index contributed by atoms with van der Waals surface area (Å²) in [7, 11) is -3.67. The van der Waals surface area contributed by atoms with Gasteiger partial charge in [0.2, 0.25) is 15.0 Å². The Morgan fingerprint density at radius 2 is 1.61 bits per heavy atom. The van der Waals surface area contributed by atoms with Crippen LogP contribution >= 0.6 is 0 Å². The van der Waals surface area contributed by atoms with Crippen molar-refractivity contribution in [2.45, 2.75) is 29.7 Å². The first-order chi connectivity index (χ1) is 16.7. The highest BCUT2D eigenvalue weighted by Gasteiger charge is 2.63. The molecule has 1 atom stereocenters. The predicted molar refractivity (Wildman–Crippen MR) is 115 cm³/mol. The molecule has 0 saturated heterocycles. The van der Waals surface area contributed by atoms with Crippen LogP contribution in [0, 0.1) is 11.6 Å². The number of rotatable bonds is 5. The van der Waals surface area contributed by atoms with Gasteiger partial charge in [-0.05, 0) is 29.3 Å². The van der Waals surface area contributed by atoms with Gasteiger partial charge in [0, 0.05) is 36.7 Å². The first-order valence-electron chi connectivity index (χ1n) is 10.1. The molecule has 0 saturated carbocycles. The minimum Gasteiger partial charge on any atom is -0.255 e. The predicted octanol–water partition coefficient (Wildman–Crippen LogP) is 5.33. The summed E-state index contributed by atoms with van der Waals surface area (Å²) < 4.78 is 119. The van der Waals surface area contributed by atoms with Crippen molar-refractivity contribution in [3.8, 4) is 11.1 Å². The molecule has 14 heteroatoms. The van der Waals surface area contributed by atoms with Crippen molar-refractivity contribution in [1.82, 2.24) is 9.97 Å². The highest BCUT2D eigenvalue weighted by Crippen LogP contribution is 2.45. The Balaban J connectivity index is 1.77. The van der Waals surface area contributed by atoms with Crippen molar-refractivity contribution in [2.75, 3.05) is 11.3 Å². The molecule has 1 unspecified atom stereocenters. The summed E-state index contributed by atoms with van der Waals surface area (Å²) in [4.78, 5) is 7.53. The molecule has 3 aromatic rings. The minimum absolute atomic E-state index is 0.181. The van der Waals surface area contributed by atoms with Crippen LogP contribution in [0.2, 0.25) is 0 Å². The number of halogens is 7. The van der Waals surface area contributed by atoms with Crippen molar-refractivity contribution in [3.05, 3.63) is 72.1 Å². The molecule has 0 aliphatic carbocycles. The maximum absolute atomic E-state index is 14.5. The van der Waals surface area contributed by atoms with Crippen LogP contribution in [-0.2, 0) is 9.84 Å². The number of benzene rings is 2. The molecule has 0 spiro atoms. The number of hydrazone groups is 1. The molecular weight excluding hydrogens is 517 g/mol. The van der Waals surface area contributed by atoms with Crippen LogP contribution in [0.1, 0.15) is 18.0 Å². The van der Waals surface area contributed by atoms with Gasteiger partial charge in [-0.2, -0.15) is 27.1 Å². The molecular formula is C22H15F7N4O2S. The van der Waals surface area contributed by atoms with Crippen LogP contribution in [0.5, 0.6) is 0 Å². The average Bonchev–Trinajstić information content (AvgIpc) is 3.24. The lowest BCUT2D eigenvalue weighted by atomic mass is 9.96. The fourth-order valence-corrected chi connectivity index (χ4v) is 4.08. The van der Waals surface area contributed by atoms with Gasteiger partial charge in [-0.1, -0.05) is 18.2 Å². The number of sulfone groups is 1. The van der Waals surface area contributed by atoms with E-state index in [-0.39, 0.29) is 5.56 Å². The van der Waals surface area contributed by atoms with Gasteiger partial charge in [0.15, 0.2) is 5.82 Å². The number of anilines is 1. The number of aromatic nitrogens is 2. The van der Waals surface area contributed by atoms with Crippen LogP contribution < -0.4 is 5.01 Å². The van der Waals surface area contributed by atoms with Gasteiger partial charge in [-0.25, -0.2) is 27.2 Å². The molecule has 1 aliphatic heterocycles. The Hall–Kier alpha value is -3.55. The third-order valence-electron chi connectivity index (χ3n) is 5.35. The quantitative estimate of drug-likeness (QED) is 0.328. The van der Waals surface area contributed by atoms with Crippen LogP contribution in [-0.4, -0.2) is 42.5 Å². The van der Waals surface area contributed by atoms with E-state index < -0.39 is 62.6 Å². The van der Waals surface area contributed by atoms with E-state index >= 15 is 0 Å². The van der Waals surface area contributed by atoms with E-state index in [0.717, 1.165) is 18.4 Å². The van der Waals surface area contributed by atoms with Crippen molar-refractivity contribution in [2.24, 2.45) is 5.10 Å². The third kappa shape index (κ3) is 4.76. The second-order valence-corrected chi connectivity index (χ2v) is 9.84. The number of hydrogen-bond donors (Lipinski definition) is 0. The Morgan fingerprint density at radius 1 is 0.944 bits per heavy atom. The first kappa shape index (κ1) is 25.5. The fraction of sp³-hybridized carbons (Fsp3) is 0.227. The zero-order valence-electron chi connectivity index (χ0n) is 18.1. The SMILES string of the molecule is CS(=O)(=O)c1ncc(-c2cccc(C3CC(C(F)(F)C(F)(F)F)=NN3c3ccc(F)cc3F)c2)cn1. The van der Waals surface area contributed by atoms with Gasteiger partial charge in [0.1, 0.15) is 11.5 Å². The minimum atomic E-state index is -5.94. The van der Waals surface area contributed by atoms with E-state index in [2.05, 4.69) is 15.1 Å². The Morgan fingerprint density at radius 3 is 2.19 bits per heavy atom. The number of nitrogens with zero attached hydrogens (tertiary/aromatic N) is 4. The summed E-state index contributed by atoms with van der Waals surface area (Å²) in [6.07, 6.45) is -3.52. The molecule has 0 radical (unpaired) electrons. The van der Waals surface area contributed by atoms with Gasteiger partial charge in [-0.15, -0.1) is 0 Å². The molecule has 2 heterocycles. The summed E-state index contributed by atoms with van der Waals surface area (Å²) in [5.74, 6) is -7.47. The lowest BCUT2D eigenvalue weighted by Crippen LogP contribution is -2.43.